The third-order valence-electron chi connectivity index (χ3n) is 4.39. The Labute approximate surface area is 208 Å². The van der Waals surface area contributed by atoms with E-state index in [0.29, 0.717) is 17.3 Å². The average Bonchev–Trinajstić information content (AvgIpc) is 2.75. The number of rotatable bonds is 6. The predicted molar refractivity (Wildman–Crippen MR) is 136 cm³/mol. The number of aryl methyl sites for hydroxylation is 1. The van der Waals surface area contributed by atoms with Crippen LogP contribution in [0.1, 0.15) is 16.7 Å². The number of anilines is 1. The molecular formula is C24H17BrClIN2O2. The second-order valence-corrected chi connectivity index (χ2v) is 9.20. The molecule has 0 aliphatic heterocycles. The first-order valence-electron chi connectivity index (χ1n) is 9.22. The van der Waals surface area contributed by atoms with Gasteiger partial charge in [-0.25, -0.2) is 0 Å². The van der Waals surface area contributed by atoms with E-state index in [1.807, 2.05) is 61.5 Å². The van der Waals surface area contributed by atoms with Crippen LogP contribution in [0.15, 0.2) is 70.7 Å². The highest BCUT2D eigenvalue weighted by Crippen LogP contribution is 2.25. The van der Waals surface area contributed by atoms with E-state index in [4.69, 9.17) is 16.3 Å². The van der Waals surface area contributed by atoms with E-state index in [1.165, 1.54) is 0 Å². The lowest BCUT2D eigenvalue weighted by Crippen LogP contribution is -2.14. The monoisotopic (exact) mass is 606 g/mol. The number of nitrogens with one attached hydrogen (secondary N) is 1. The normalized spacial score (nSPS) is 11.0. The molecule has 156 valence electrons. The quantitative estimate of drug-likeness (QED) is 0.184. The van der Waals surface area contributed by atoms with Crippen LogP contribution in [0.2, 0.25) is 5.02 Å². The summed E-state index contributed by atoms with van der Waals surface area (Å²) in [6.07, 6.45) is 1.55. The summed E-state index contributed by atoms with van der Waals surface area (Å²) >= 11 is 11.6. The van der Waals surface area contributed by atoms with Crippen LogP contribution < -0.4 is 10.1 Å². The fourth-order valence-corrected chi connectivity index (χ4v) is 3.83. The van der Waals surface area contributed by atoms with Gasteiger partial charge < -0.3 is 10.1 Å². The molecule has 0 saturated carbocycles. The molecule has 0 fully saturated rings. The molecule has 1 amide bonds. The van der Waals surface area contributed by atoms with Gasteiger partial charge in [0.25, 0.3) is 5.91 Å². The van der Waals surface area contributed by atoms with Crippen LogP contribution in [0.5, 0.6) is 5.75 Å². The van der Waals surface area contributed by atoms with Crippen molar-refractivity contribution in [3.63, 3.8) is 0 Å². The van der Waals surface area contributed by atoms with E-state index < -0.39 is 5.91 Å². The summed E-state index contributed by atoms with van der Waals surface area (Å²) in [7, 11) is 0. The molecule has 0 saturated heterocycles. The van der Waals surface area contributed by atoms with Gasteiger partial charge in [0, 0.05) is 15.2 Å². The Morgan fingerprint density at radius 1 is 1.19 bits per heavy atom. The zero-order valence-corrected chi connectivity index (χ0v) is 21.0. The van der Waals surface area contributed by atoms with Gasteiger partial charge in [-0.15, -0.1) is 0 Å². The van der Waals surface area contributed by atoms with E-state index in [9.17, 15) is 10.1 Å². The summed E-state index contributed by atoms with van der Waals surface area (Å²) in [6.45, 7) is 2.31. The highest BCUT2D eigenvalue weighted by molar-refractivity contribution is 14.1. The molecule has 0 atom stereocenters. The first-order chi connectivity index (χ1) is 14.9. The van der Waals surface area contributed by atoms with Crippen molar-refractivity contribution >= 4 is 67.8 Å². The Hall–Kier alpha value is -2.34. The van der Waals surface area contributed by atoms with Crippen molar-refractivity contribution in [2.75, 3.05) is 5.32 Å². The summed E-state index contributed by atoms with van der Waals surface area (Å²) in [5.74, 6) is 0.247. The lowest BCUT2D eigenvalue weighted by atomic mass is 10.1. The highest BCUT2D eigenvalue weighted by atomic mass is 127. The van der Waals surface area contributed by atoms with Crippen LogP contribution in [-0.2, 0) is 11.4 Å². The maximum Gasteiger partial charge on any atom is 0.266 e. The van der Waals surface area contributed by atoms with E-state index >= 15 is 0 Å². The summed E-state index contributed by atoms with van der Waals surface area (Å²) in [5, 5.41) is 12.7. The van der Waals surface area contributed by atoms with Gasteiger partial charge in [0.15, 0.2) is 0 Å². The largest absolute Gasteiger partial charge is 0.488 e. The molecule has 0 unspecified atom stereocenters. The van der Waals surface area contributed by atoms with Gasteiger partial charge in [-0.3, -0.25) is 4.79 Å². The Morgan fingerprint density at radius 2 is 1.94 bits per heavy atom. The highest BCUT2D eigenvalue weighted by Gasteiger charge is 2.12. The summed E-state index contributed by atoms with van der Waals surface area (Å²) in [5.41, 5.74) is 3.22. The van der Waals surface area contributed by atoms with Crippen LogP contribution in [0.3, 0.4) is 0 Å². The van der Waals surface area contributed by atoms with Gasteiger partial charge in [0.2, 0.25) is 0 Å². The molecule has 3 aromatic rings. The van der Waals surface area contributed by atoms with Crippen molar-refractivity contribution in [1.29, 1.82) is 5.26 Å². The van der Waals surface area contributed by atoms with Gasteiger partial charge in [-0.05, 0) is 88.7 Å². The van der Waals surface area contributed by atoms with Crippen molar-refractivity contribution < 1.29 is 9.53 Å². The van der Waals surface area contributed by atoms with E-state index in [0.717, 1.165) is 30.5 Å². The van der Waals surface area contributed by atoms with Gasteiger partial charge in [-0.2, -0.15) is 5.26 Å². The molecule has 4 nitrogen and oxygen atoms in total. The van der Waals surface area contributed by atoms with E-state index in [2.05, 4.69) is 43.8 Å². The third-order valence-corrected chi connectivity index (χ3v) is 5.99. The SMILES string of the molecule is Cc1ccc(Cl)cc1NC(=O)/C(C#N)=C/c1ccc(OCc2ccc(Br)cc2)c(I)c1. The number of nitrogens with zero attached hydrogens (tertiary/aromatic N) is 1. The smallest absolute Gasteiger partial charge is 0.266 e. The maximum atomic E-state index is 12.6. The number of benzene rings is 3. The van der Waals surface area contributed by atoms with Crippen molar-refractivity contribution in [3.05, 3.63) is 96.0 Å². The Bertz CT molecular complexity index is 1190. The Morgan fingerprint density at radius 3 is 2.61 bits per heavy atom. The second-order valence-electron chi connectivity index (χ2n) is 6.69. The number of ether oxygens (including phenoxy) is 1. The summed E-state index contributed by atoms with van der Waals surface area (Å²) in [6, 6.07) is 20.6. The topological polar surface area (TPSA) is 62.1 Å². The average molecular weight is 608 g/mol. The minimum Gasteiger partial charge on any atom is -0.488 e. The molecule has 0 radical (unpaired) electrons. The lowest BCUT2D eigenvalue weighted by Gasteiger charge is -2.10. The van der Waals surface area contributed by atoms with Crippen LogP contribution in [0.25, 0.3) is 6.08 Å². The molecule has 0 aliphatic rings. The number of nitriles is 1. The number of carbonyl (C=O) groups is 1. The third kappa shape index (κ3) is 6.57. The number of amides is 1. The molecule has 3 aromatic carbocycles. The number of hydrogen-bond donors (Lipinski definition) is 1. The molecule has 0 aromatic heterocycles. The zero-order valence-electron chi connectivity index (χ0n) is 16.5. The van der Waals surface area contributed by atoms with Gasteiger partial charge >= 0.3 is 0 Å². The molecule has 3 rings (SSSR count). The summed E-state index contributed by atoms with van der Waals surface area (Å²) < 4.78 is 7.80. The molecular weight excluding hydrogens is 591 g/mol. The van der Waals surface area contributed by atoms with Crippen molar-refractivity contribution in [3.8, 4) is 11.8 Å². The van der Waals surface area contributed by atoms with Crippen molar-refractivity contribution in [2.24, 2.45) is 0 Å². The molecule has 7 heteroatoms. The second kappa shape index (κ2) is 10.8. The standard InChI is InChI=1S/C24H17BrClIN2O2/c1-15-2-8-20(26)12-22(15)29-24(30)18(13-28)10-17-5-9-23(21(27)11-17)31-14-16-3-6-19(25)7-4-16/h2-12H,14H2,1H3,(H,29,30)/b18-10+. The fourth-order valence-electron chi connectivity index (χ4n) is 2.70. The number of carbonyl (C=O) groups excluding carboxylic acids is 1. The fraction of sp³-hybridized carbons (Fsp3) is 0.0833. The van der Waals surface area contributed by atoms with E-state index in [1.54, 1.807) is 18.2 Å². The lowest BCUT2D eigenvalue weighted by molar-refractivity contribution is -0.112. The molecule has 31 heavy (non-hydrogen) atoms. The van der Waals surface area contributed by atoms with Crippen LogP contribution in [0, 0.1) is 21.8 Å². The molecule has 0 spiro atoms. The van der Waals surface area contributed by atoms with Gasteiger partial charge in [-0.1, -0.05) is 51.8 Å². The molecule has 0 aliphatic carbocycles. The van der Waals surface area contributed by atoms with Crippen LogP contribution in [-0.4, -0.2) is 5.91 Å². The molecule has 1 N–H and O–H groups in total. The van der Waals surface area contributed by atoms with Crippen LogP contribution in [0.4, 0.5) is 5.69 Å². The summed E-state index contributed by atoms with van der Waals surface area (Å²) in [4.78, 5) is 12.6. The molecule has 0 heterocycles. The van der Waals surface area contributed by atoms with Crippen LogP contribution >= 0.6 is 50.1 Å². The minimum absolute atomic E-state index is 0.00120. The Kier molecular flexibility index (Phi) is 8.13. The zero-order chi connectivity index (χ0) is 22.4. The van der Waals surface area contributed by atoms with E-state index in [-0.39, 0.29) is 5.57 Å². The maximum absolute atomic E-state index is 12.6. The van der Waals surface area contributed by atoms with Gasteiger partial charge in [0.05, 0.1) is 3.57 Å². The predicted octanol–water partition coefficient (Wildman–Crippen LogP) is 7.14. The first kappa shape index (κ1) is 23.3. The number of hydrogen-bond acceptors (Lipinski definition) is 3. The van der Waals surface area contributed by atoms with Gasteiger partial charge in [0.1, 0.15) is 24.0 Å². The van der Waals surface area contributed by atoms with Crippen molar-refractivity contribution in [2.45, 2.75) is 13.5 Å². The number of halogens is 3. The first-order valence-corrected chi connectivity index (χ1v) is 11.5. The van der Waals surface area contributed by atoms with Crippen molar-refractivity contribution in [1.82, 2.24) is 0 Å². The minimum atomic E-state index is -0.488. The molecule has 0 bridgehead atoms. The Balaban J connectivity index is 1.72.